The first kappa shape index (κ1) is 17.0. The average Bonchev–Trinajstić information content (AvgIpc) is 2.36. The van der Waals surface area contributed by atoms with Gasteiger partial charge in [0.2, 0.25) is 0 Å². The summed E-state index contributed by atoms with van der Waals surface area (Å²) in [7, 11) is -4.45. The van der Waals surface area contributed by atoms with Crippen molar-refractivity contribution in [1.82, 2.24) is 4.98 Å². The molecule has 0 fully saturated rings. The van der Waals surface area contributed by atoms with Crippen LogP contribution in [-0.2, 0) is 10.1 Å². The van der Waals surface area contributed by atoms with Crippen LogP contribution in [0.1, 0.15) is 11.4 Å². The molecule has 0 saturated carbocycles. The van der Waals surface area contributed by atoms with Crippen LogP contribution in [0, 0.1) is 6.92 Å². The minimum absolute atomic E-state index is 0. The van der Waals surface area contributed by atoms with Crippen LogP contribution in [-0.4, -0.2) is 24.2 Å². The summed E-state index contributed by atoms with van der Waals surface area (Å²) >= 11 is 0. The van der Waals surface area contributed by atoms with Gasteiger partial charge in [0.05, 0.1) is 22.5 Å². The van der Waals surface area contributed by atoms with Gasteiger partial charge in [0.25, 0.3) is 0 Å². The Hall–Kier alpha value is -1.05. The molecule has 0 aliphatic heterocycles. The Kier molecular flexibility index (Phi) is 6.04. The number of aliphatic imine (C=N–C) groups is 1. The molecule has 0 amide bonds. The van der Waals surface area contributed by atoms with Crippen LogP contribution in [0.25, 0.3) is 0 Å². The second-order valence-electron chi connectivity index (χ2n) is 3.91. The molecule has 2 rings (SSSR count). The fraction of sp³-hybridized carbons (Fsp3) is 0.0769. The van der Waals surface area contributed by atoms with E-state index in [0.717, 1.165) is 5.69 Å². The zero-order chi connectivity index (χ0) is 13.9. The van der Waals surface area contributed by atoms with E-state index in [-0.39, 0.29) is 34.5 Å². The Morgan fingerprint density at radius 1 is 1.20 bits per heavy atom. The van der Waals surface area contributed by atoms with E-state index in [2.05, 4.69) is 9.98 Å². The van der Waals surface area contributed by atoms with Gasteiger partial charge in [-0.3, -0.25) is 9.98 Å². The zero-order valence-corrected chi connectivity index (χ0v) is 14.0. The molecular weight excluding hydrogens is 287 g/mol. The van der Waals surface area contributed by atoms with E-state index in [0.29, 0.717) is 11.4 Å². The average molecular weight is 298 g/mol. The Bertz CT molecular complexity index is 730. The van der Waals surface area contributed by atoms with Gasteiger partial charge in [-0.15, -0.1) is 0 Å². The topological polar surface area (TPSA) is 82.5 Å². The van der Waals surface area contributed by atoms with Gasteiger partial charge in [-0.2, -0.15) is 0 Å². The summed E-state index contributed by atoms with van der Waals surface area (Å²) in [5.41, 5.74) is 1.91. The van der Waals surface area contributed by atoms with Crippen LogP contribution in [0.3, 0.4) is 0 Å². The first-order chi connectivity index (χ1) is 8.95. The summed E-state index contributed by atoms with van der Waals surface area (Å²) in [4.78, 5) is 8.04. The van der Waals surface area contributed by atoms with Gasteiger partial charge in [-0.25, -0.2) is 8.42 Å². The van der Waals surface area contributed by atoms with Gasteiger partial charge in [-0.1, -0.05) is 12.1 Å². The number of pyridine rings is 1. The smallest absolute Gasteiger partial charge is 0.744 e. The largest absolute Gasteiger partial charge is 1.00 e. The number of hydrogen-bond donors (Lipinski definition) is 0. The molecule has 0 aliphatic rings. The minimum atomic E-state index is -4.45. The van der Waals surface area contributed by atoms with E-state index >= 15 is 0 Å². The van der Waals surface area contributed by atoms with Gasteiger partial charge in [0.1, 0.15) is 10.1 Å². The Labute approximate surface area is 139 Å². The Balaban J connectivity index is 0.00000200. The van der Waals surface area contributed by atoms with Crippen molar-refractivity contribution >= 4 is 22.0 Å². The third-order valence-electron chi connectivity index (χ3n) is 2.36. The van der Waals surface area contributed by atoms with Crippen molar-refractivity contribution in [3.05, 3.63) is 53.9 Å². The van der Waals surface area contributed by atoms with Crippen molar-refractivity contribution in [2.45, 2.75) is 11.8 Å². The zero-order valence-electron chi connectivity index (χ0n) is 11.1. The molecule has 1 aromatic heterocycles. The predicted molar refractivity (Wildman–Crippen MR) is 70.6 cm³/mol. The van der Waals surface area contributed by atoms with Crippen LogP contribution in [0.15, 0.2) is 52.4 Å². The first-order valence-electron chi connectivity index (χ1n) is 5.49. The molecule has 0 radical (unpaired) electrons. The molecule has 0 unspecified atom stereocenters. The SMILES string of the molecule is Cc1cccc(C=Nc2cccc(S(=O)(=O)[O-])c2)n1.[Na+]. The maximum absolute atomic E-state index is 10.9. The monoisotopic (exact) mass is 298 g/mol. The van der Waals surface area contributed by atoms with E-state index in [1.807, 2.05) is 19.1 Å². The van der Waals surface area contributed by atoms with Crippen molar-refractivity contribution < 1.29 is 42.5 Å². The van der Waals surface area contributed by atoms with Crippen molar-refractivity contribution in [3.8, 4) is 0 Å². The number of hydrogen-bond acceptors (Lipinski definition) is 5. The van der Waals surface area contributed by atoms with Gasteiger partial charge < -0.3 is 4.55 Å². The van der Waals surface area contributed by atoms with Crippen molar-refractivity contribution in [2.24, 2.45) is 4.99 Å². The molecule has 0 spiro atoms. The summed E-state index contributed by atoms with van der Waals surface area (Å²) in [5, 5.41) is 0. The van der Waals surface area contributed by atoms with Crippen LogP contribution in [0.5, 0.6) is 0 Å². The number of aryl methyl sites for hydroxylation is 1. The van der Waals surface area contributed by atoms with Crippen molar-refractivity contribution in [3.63, 3.8) is 0 Å². The van der Waals surface area contributed by atoms with Crippen LogP contribution < -0.4 is 29.6 Å². The molecule has 1 aromatic carbocycles. The molecule has 0 saturated heterocycles. The second kappa shape index (κ2) is 7.10. The molecular formula is C13H11N2NaO3S. The molecule has 5 nitrogen and oxygen atoms in total. The maximum Gasteiger partial charge on any atom is 1.00 e. The quantitative estimate of drug-likeness (QED) is 0.415. The number of rotatable bonds is 3. The van der Waals surface area contributed by atoms with E-state index < -0.39 is 10.1 Å². The molecule has 98 valence electrons. The van der Waals surface area contributed by atoms with Crippen molar-refractivity contribution in [2.75, 3.05) is 0 Å². The van der Waals surface area contributed by atoms with Crippen LogP contribution >= 0.6 is 0 Å². The van der Waals surface area contributed by atoms with Gasteiger partial charge in [0.15, 0.2) is 0 Å². The summed E-state index contributed by atoms with van der Waals surface area (Å²) in [6.45, 7) is 1.86. The van der Waals surface area contributed by atoms with E-state index in [4.69, 9.17) is 0 Å². The molecule has 0 aliphatic carbocycles. The van der Waals surface area contributed by atoms with Crippen LogP contribution in [0.4, 0.5) is 5.69 Å². The number of nitrogens with zero attached hydrogens (tertiary/aromatic N) is 2. The Morgan fingerprint density at radius 2 is 1.90 bits per heavy atom. The molecule has 20 heavy (non-hydrogen) atoms. The predicted octanol–water partition coefficient (Wildman–Crippen LogP) is -0.951. The van der Waals surface area contributed by atoms with E-state index in [9.17, 15) is 13.0 Å². The van der Waals surface area contributed by atoms with Gasteiger partial charge in [0, 0.05) is 5.69 Å². The normalized spacial score (nSPS) is 11.3. The molecule has 7 heteroatoms. The second-order valence-corrected chi connectivity index (χ2v) is 5.29. The molecule has 2 aromatic rings. The van der Waals surface area contributed by atoms with Gasteiger partial charge in [-0.05, 0) is 37.3 Å². The third kappa shape index (κ3) is 4.81. The maximum atomic E-state index is 10.9. The molecule has 0 atom stereocenters. The number of benzene rings is 1. The van der Waals surface area contributed by atoms with Crippen molar-refractivity contribution in [1.29, 1.82) is 0 Å². The summed E-state index contributed by atoms with van der Waals surface area (Å²) in [6.07, 6.45) is 1.52. The van der Waals surface area contributed by atoms with Gasteiger partial charge >= 0.3 is 29.6 Å². The summed E-state index contributed by atoms with van der Waals surface area (Å²) in [6, 6.07) is 11.1. The fourth-order valence-electron chi connectivity index (χ4n) is 1.50. The number of aromatic nitrogens is 1. The standard InChI is InChI=1S/C13H12N2O3S.Na/c1-10-4-2-6-12(15-10)9-14-11-5-3-7-13(8-11)19(16,17)18;/h2-9H,1H3,(H,16,17,18);/q;+1/p-1. The summed E-state index contributed by atoms with van der Waals surface area (Å²) < 4.78 is 32.7. The third-order valence-corrected chi connectivity index (χ3v) is 3.19. The summed E-state index contributed by atoms with van der Waals surface area (Å²) in [5.74, 6) is 0. The molecule has 0 N–H and O–H groups in total. The molecule has 0 bridgehead atoms. The minimum Gasteiger partial charge on any atom is -0.744 e. The molecule has 1 heterocycles. The van der Waals surface area contributed by atoms with E-state index in [1.165, 1.54) is 24.4 Å². The van der Waals surface area contributed by atoms with Crippen LogP contribution in [0.2, 0.25) is 0 Å². The van der Waals surface area contributed by atoms with E-state index in [1.54, 1.807) is 12.1 Å². The fourth-order valence-corrected chi connectivity index (χ4v) is 2.01. The first-order valence-corrected chi connectivity index (χ1v) is 6.90. The Morgan fingerprint density at radius 3 is 2.55 bits per heavy atom.